The van der Waals surface area contributed by atoms with Gasteiger partial charge in [0.25, 0.3) is 5.56 Å². The van der Waals surface area contributed by atoms with Crippen LogP contribution >= 0.6 is 35.0 Å². The van der Waals surface area contributed by atoms with Crippen LogP contribution in [-0.2, 0) is 18.9 Å². The fourth-order valence-electron chi connectivity index (χ4n) is 3.04. The summed E-state index contributed by atoms with van der Waals surface area (Å²) in [6, 6.07) is 11.4. The maximum Gasteiger partial charge on any atom is 0.333 e. The number of thioether (sulfide) groups is 1. The molecule has 3 aromatic rings. The third kappa shape index (κ3) is 6.47. The molecule has 0 aliphatic rings. The van der Waals surface area contributed by atoms with Crippen LogP contribution < -0.4 is 21.3 Å². The van der Waals surface area contributed by atoms with Gasteiger partial charge in [0, 0.05) is 29.8 Å². The summed E-state index contributed by atoms with van der Waals surface area (Å²) >= 11 is 12.9. The maximum absolute atomic E-state index is 12.9. The topological polar surface area (TPSA) is 115 Å². The van der Waals surface area contributed by atoms with Crippen LogP contribution in [0.25, 0.3) is 0 Å². The summed E-state index contributed by atoms with van der Waals surface area (Å²) < 4.78 is 7.22. The zero-order valence-corrected chi connectivity index (χ0v) is 21.4. The maximum atomic E-state index is 12.9. The van der Waals surface area contributed by atoms with Gasteiger partial charge in [-0.1, -0.05) is 35.0 Å². The van der Waals surface area contributed by atoms with Gasteiger partial charge in [0.1, 0.15) is 16.4 Å². The number of nitrogens with zero attached hydrogens (tertiary/aromatic N) is 3. The number of ether oxygens (including phenoxy) is 1. The lowest BCUT2D eigenvalue weighted by atomic mass is 10.3. The highest BCUT2D eigenvalue weighted by Gasteiger charge is 2.22. The molecule has 0 saturated heterocycles. The molecule has 2 aromatic carbocycles. The number of hydrogen-bond donors (Lipinski definition) is 2. The van der Waals surface area contributed by atoms with Crippen molar-refractivity contribution in [2.24, 2.45) is 19.1 Å². The van der Waals surface area contributed by atoms with Gasteiger partial charge in [0.2, 0.25) is 11.8 Å². The average Bonchev–Trinajstić information content (AvgIpc) is 2.80. The molecule has 3 rings (SSSR count). The van der Waals surface area contributed by atoms with Gasteiger partial charge in [-0.15, -0.1) is 0 Å². The molecule has 0 spiro atoms. The molecule has 9 nitrogen and oxygen atoms in total. The first-order valence-electron chi connectivity index (χ1n) is 10.3. The van der Waals surface area contributed by atoms with E-state index in [0.29, 0.717) is 33.8 Å². The third-order valence-corrected chi connectivity index (χ3v) is 6.12. The molecule has 1 heterocycles. The van der Waals surface area contributed by atoms with Gasteiger partial charge in [-0.2, -0.15) is 0 Å². The van der Waals surface area contributed by atoms with Crippen molar-refractivity contribution in [2.45, 2.75) is 6.92 Å². The Labute approximate surface area is 215 Å². The van der Waals surface area contributed by atoms with Crippen LogP contribution in [0.5, 0.6) is 11.6 Å². The summed E-state index contributed by atoms with van der Waals surface area (Å²) in [7, 11) is 2.62. The number of hydrogen-bond acceptors (Lipinski definition) is 7. The molecule has 0 fully saturated rings. The summed E-state index contributed by atoms with van der Waals surface area (Å²) in [6.07, 6.45) is 0. The summed E-state index contributed by atoms with van der Waals surface area (Å²) in [5, 5.41) is 14.1. The van der Waals surface area contributed by atoms with Gasteiger partial charge in [-0.3, -0.25) is 18.7 Å². The zero-order valence-electron chi connectivity index (χ0n) is 19.0. The first-order valence-corrected chi connectivity index (χ1v) is 12.0. The minimum atomic E-state index is -0.746. The number of halogens is 2. The van der Waals surface area contributed by atoms with Crippen LogP contribution in [0.1, 0.15) is 12.5 Å². The number of amides is 1. The second-order valence-corrected chi connectivity index (χ2v) is 9.08. The van der Waals surface area contributed by atoms with Crippen molar-refractivity contribution >= 4 is 57.3 Å². The summed E-state index contributed by atoms with van der Waals surface area (Å²) in [5.41, 5.74) is -0.790. The SMILES string of the molecule is CCOc1ccc(N=C(SCC(=O)Nc2cc(Cl)cc(Cl)c2)c2c(O)n(C)c(=O)n(C)c2=O)cc1. The zero-order chi connectivity index (χ0) is 25.7. The number of aromatic hydroxyl groups is 1. The van der Waals surface area contributed by atoms with E-state index in [9.17, 15) is 19.5 Å². The molecule has 0 unspecified atom stereocenters. The van der Waals surface area contributed by atoms with Gasteiger partial charge in [-0.25, -0.2) is 9.79 Å². The second-order valence-electron chi connectivity index (χ2n) is 7.24. The standard InChI is InChI=1S/C23H22Cl2N4O5S/c1-4-34-17-7-5-15(6-8-17)27-20(19-21(31)28(2)23(33)29(3)22(19)32)35-12-18(30)26-16-10-13(24)9-14(25)11-16/h5-11,31H,4,12H2,1-3H3,(H,26,30). The van der Waals surface area contributed by atoms with Crippen LogP contribution in [0.15, 0.2) is 57.0 Å². The number of carbonyl (C=O) groups excluding carboxylic acids is 1. The van der Waals surface area contributed by atoms with E-state index in [1.807, 2.05) is 6.92 Å². The lowest BCUT2D eigenvalue weighted by molar-refractivity contribution is -0.113. The molecule has 0 aliphatic heterocycles. The van der Waals surface area contributed by atoms with Gasteiger partial charge in [0.15, 0.2) is 0 Å². The van der Waals surface area contributed by atoms with Gasteiger partial charge >= 0.3 is 5.69 Å². The molecular formula is C23H22Cl2N4O5S. The van der Waals surface area contributed by atoms with Crippen LogP contribution in [0.4, 0.5) is 11.4 Å². The molecule has 0 aliphatic carbocycles. The highest BCUT2D eigenvalue weighted by Crippen LogP contribution is 2.26. The van der Waals surface area contributed by atoms with Crippen LogP contribution in [0, 0.1) is 0 Å². The summed E-state index contributed by atoms with van der Waals surface area (Å²) in [6.45, 7) is 2.36. The Balaban J connectivity index is 1.97. The van der Waals surface area contributed by atoms with E-state index in [0.717, 1.165) is 20.9 Å². The largest absolute Gasteiger partial charge is 0.494 e. The Morgan fingerprint density at radius 3 is 2.31 bits per heavy atom. The van der Waals surface area contributed by atoms with E-state index in [-0.39, 0.29) is 16.4 Å². The van der Waals surface area contributed by atoms with E-state index < -0.39 is 23.0 Å². The molecule has 1 amide bonds. The van der Waals surface area contributed by atoms with Crippen LogP contribution in [0.2, 0.25) is 10.0 Å². The Bertz CT molecular complexity index is 1380. The molecule has 0 radical (unpaired) electrons. The fourth-order valence-corrected chi connectivity index (χ4v) is 4.40. The van der Waals surface area contributed by atoms with Gasteiger partial charge in [-0.05, 0) is 49.4 Å². The van der Waals surface area contributed by atoms with E-state index in [1.165, 1.54) is 20.2 Å². The first-order chi connectivity index (χ1) is 16.6. The number of benzene rings is 2. The van der Waals surface area contributed by atoms with E-state index in [2.05, 4.69) is 10.3 Å². The molecule has 35 heavy (non-hydrogen) atoms. The second kappa shape index (κ2) is 11.5. The van der Waals surface area contributed by atoms with Crippen LogP contribution in [-0.4, -0.2) is 37.6 Å². The minimum absolute atomic E-state index is 0.0575. The van der Waals surface area contributed by atoms with Gasteiger partial charge < -0.3 is 15.2 Å². The Hall–Kier alpha value is -3.21. The number of nitrogens with one attached hydrogen (secondary N) is 1. The summed E-state index contributed by atoms with van der Waals surface area (Å²) in [5.74, 6) is -0.502. The lowest BCUT2D eigenvalue weighted by Crippen LogP contribution is -2.39. The Morgan fingerprint density at radius 1 is 1.09 bits per heavy atom. The van der Waals surface area contributed by atoms with E-state index in [4.69, 9.17) is 27.9 Å². The third-order valence-electron chi connectivity index (χ3n) is 4.71. The molecular weight excluding hydrogens is 515 g/mol. The Morgan fingerprint density at radius 2 is 1.71 bits per heavy atom. The predicted molar refractivity (Wildman–Crippen MR) is 140 cm³/mol. The number of carbonyl (C=O) groups is 1. The number of rotatable bonds is 7. The molecule has 0 bridgehead atoms. The monoisotopic (exact) mass is 536 g/mol. The molecule has 184 valence electrons. The highest BCUT2D eigenvalue weighted by atomic mass is 35.5. The van der Waals surface area contributed by atoms with Crippen molar-refractivity contribution in [3.8, 4) is 11.6 Å². The van der Waals surface area contributed by atoms with Crippen molar-refractivity contribution in [2.75, 3.05) is 17.7 Å². The fraction of sp³-hybridized carbons (Fsp3) is 0.217. The van der Waals surface area contributed by atoms with E-state index in [1.54, 1.807) is 36.4 Å². The average molecular weight is 537 g/mol. The number of aliphatic imine (C=N–C) groups is 1. The van der Waals surface area contributed by atoms with Crippen molar-refractivity contribution in [1.29, 1.82) is 0 Å². The van der Waals surface area contributed by atoms with Gasteiger partial charge in [0.05, 0.1) is 18.0 Å². The lowest BCUT2D eigenvalue weighted by Gasteiger charge is -2.13. The first kappa shape index (κ1) is 26.4. The smallest absolute Gasteiger partial charge is 0.333 e. The molecule has 2 N–H and O–H groups in total. The van der Waals surface area contributed by atoms with E-state index >= 15 is 0 Å². The predicted octanol–water partition coefficient (Wildman–Crippen LogP) is 3.95. The van der Waals surface area contributed by atoms with Crippen molar-refractivity contribution < 1.29 is 14.6 Å². The highest BCUT2D eigenvalue weighted by molar-refractivity contribution is 8.15. The van der Waals surface area contributed by atoms with Crippen molar-refractivity contribution in [1.82, 2.24) is 9.13 Å². The van der Waals surface area contributed by atoms with Crippen molar-refractivity contribution in [3.05, 3.63) is 78.9 Å². The normalized spacial score (nSPS) is 11.4. The molecule has 0 saturated carbocycles. The van der Waals surface area contributed by atoms with Crippen LogP contribution in [0.3, 0.4) is 0 Å². The number of aromatic nitrogens is 2. The minimum Gasteiger partial charge on any atom is -0.494 e. The number of anilines is 1. The van der Waals surface area contributed by atoms with Crippen molar-refractivity contribution in [3.63, 3.8) is 0 Å². The molecule has 1 aromatic heterocycles. The molecule has 0 atom stereocenters. The Kier molecular flexibility index (Phi) is 8.66. The summed E-state index contributed by atoms with van der Waals surface area (Å²) in [4.78, 5) is 42.2. The quantitative estimate of drug-likeness (QED) is 0.349. The molecule has 12 heteroatoms.